The maximum atomic E-state index is 10.8. The van der Waals surface area contributed by atoms with Gasteiger partial charge < -0.3 is 10.4 Å². The summed E-state index contributed by atoms with van der Waals surface area (Å²) in [7, 11) is 0. The molecule has 0 amide bonds. The van der Waals surface area contributed by atoms with Gasteiger partial charge in [-0.15, -0.1) is 0 Å². The first-order chi connectivity index (χ1) is 7.15. The number of carboxylic acid groups (broad SMARTS) is 1. The van der Waals surface area contributed by atoms with Gasteiger partial charge in [-0.05, 0) is 24.6 Å². The molecule has 2 N–H and O–H groups in total. The van der Waals surface area contributed by atoms with Gasteiger partial charge in [-0.3, -0.25) is 0 Å². The van der Waals surface area contributed by atoms with Gasteiger partial charge >= 0.3 is 5.97 Å². The number of unbranched alkanes of at least 4 members (excludes halogenated alkanes) is 1. The van der Waals surface area contributed by atoms with Crippen LogP contribution in [0.15, 0.2) is 18.2 Å². The lowest BCUT2D eigenvalue weighted by Gasteiger charge is -2.07. The van der Waals surface area contributed by atoms with Crippen molar-refractivity contribution in [2.75, 3.05) is 11.9 Å². The average molecular weight is 228 g/mol. The average Bonchev–Trinajstić information content (AvgIpc) is 2.20. The molecule has 0 aliphatic heterocycles. The number of nitrogens with one attached hydrogen (secondary N) is 1. The number of halogens is 1. The molecule has 0 saturated heterocycles. The smallest absolute Gasteiger partial charge is 0.337 e. The molecule has 0 radical (unpaired) electrons. The van der Waals surface area contributed by atoms with Crippen molar-refractivity contribution in [1.82, 2.24) is 0 Å². The zero-order chi connectivity index (χ0) is 11.3. The van der Waals surface area contributed by atoms with Crippen LogP contribution in [-0.2, 0) is 0 Å². The first kappa shape index (κ1) is 11.9. The predicted molar refractivity (Wildman–Crippen MR) is 61.8 cm³/mol. The number of carboxylic acids is 1. The highest BCUT2D eigenvalue weighted by molar-refractivity contribution is 6.33. The molecule has 1 aromatic rings. The van der Waals surface area contributed by atoms with Crippen molar-refractivity contribution in [3.05, 3.63) is 28.8 Å². The molecule has 4 heteroatoms. The molecule has 0 spiro atoms. The SMILES string of the molecule is CCCCNc1ccc(Cl)c(C(=O)O)c1. The Morgan fingerprint density at radius 3 is 2.87 bits per heavy atom. The summed E-state index contributed by atoms with van der Waals surface area (Å²) in [6, 6.07) is 4.93. The first-order valence-electron chi connectivity index (χ1n) is 4.92. The third-order valence-corrected chi connectivity index (χ3v) is 2.39. The standard InChI is InChI=1S/C11H14ClNO2/c1-2-3-6-13-8-4-5-10(12)9(7-8)11(14)15/h4-5,7,13H,2-3,6H2,1H3,(H,14,15). The Morgan fingerprint density at radius 1 is 1.53 bits per heavy atom. The van der Waals surface area contributed by atoms with Crippen molar-refractivity contribution < 1.29 is 9.90 Å². The van der Waals surface area contributed by atoms with Gasteiger partial charge in [0.25, 0.3) is 0 Å². The minimum Gasteiger partial charge on any atom is -0.478 e. The maximum absolute atomic E-state index is 10.8. The molecule has 0 bridgehead atoms. The molecule has 1 aromatic carbocycles. The van der Waals surface area contributed by atoms with Gasteiger partial charge in [0.15, 0.2) is 0 Å². The summed E-state index contributed by atoms with van der Waals surface area (Å²) in [5.74, 6) is -1.00. The van der Waals surface area contributed by atoms with Crippen LogP contribution in [0.2, 0.25) is 5.02 Å². The van der Waals surface area contributed by atoms with Gasteiger partial charge in [-0.2, -0.15) is 0 Å². The van der Waals surface area contributed by atoms with Crippen molar-refractivity contribution in [2.24, 2.45) is 0 Å². The summed E-state index contributed by atoms with van der Waals surface area (Å²) >= 11 is 5.74. The normalized spacial score (nSPS) is 10.0. The Labute approximate surface area is 94.1 Å². The largest absolute Gasteiger partial charge is 0.478 e. The lowest BCUT2D eigenvalue weighted by Crippen LogP contribution is -2.03. The van der Waals surface area contributed by atoms with Gasteiger partial charge in [-0.1, -0.05) is 24.9 Å². The van der Waals surface area contributed by atoms with E-state index in [2.05, 4.69) is 12.2 Å². The molecule has 0 aliphatic rings. The monoisotopic (exact) mass is 227 g/mol. The summed E-state index contributed by atoms with van der Waals surface area (Å²) in [4.78, 5) is 10.8. The summed E-state index contributed by atoms with van der Waals surface area (Å²) in [6.07, 6.45) is 2.16. The second kappa shape index (κ2) is 5.61. The third kappa shape index (κ3) is 3.44. The molecular formula is C11H14ClNO2. The van der Waals surface area contributed by atoms with Gasteiger partial charge in [-0.25, -0.2) is 4.79 Å². The van der Waals surface area contributed by atoms with E-state index in [1.54, 1.807) is 18.2 Å². The molecular weight excluding hydrogens is 214 g/mol. The number of benzene rings is 1. The molecule has 0 atom stereocenters. The summed E-state index contributed by atoms with van der Waals surface area (Å²) in [5.41, 5.74) is 0.934. The van der Waals surface area contributed by atoms with Crippen molar-refractivity contribution in [2.45, 2.75) is 19.8 Å². The molecule has 0 saturated carbocycles. The summed E-state index contributed by atoms with van der Waals surface area (Å²) < 4.78 is 0. The van der Waals surface area contributed by atoms with E-state index in [-0.39, 0.29) is 10.6 Å². The van der Waals surface area contributed by atoms with Crippen LogP contribution in [0, 0.1) is 0 Å². The number of hydrogen-bond donors (Lipinski definition) is 2. The van der Waals surface area contributed by atoms with Gasteiger partial charge in [0, 0.05) is 12.2 Å². The molecule has 1 rings (SSSR count). The van der Waals surface area contributed by atoms with Gasteiger partial charge in [0.1, 0.15) is 0 Å². The molecule has 82 valence electrons. The molecule has 0 heterocycles. The second-order valence-corrected chi connectivity index (χ2v) is 3.69. The molecule has 0 fully saturated rings. The minimum atomic E-state index is -1.00. The number of rotatable bonds is 5. The molecule has 0 aromatic heterocycles. The molecule has 3 nitrogen and oxygen atoms in total. The van der Waals surface area contributed by atoms with Crippen molar-refractivity contribution in [1.29, 1.82) is 0 Å². The maximum Gasteiger partial charge on any atom is 0.337 e. The van der Waals surface area contributed by atoms with Crippen LogP contribution < -0.4 is 5.32 Å². The van der Waals surface area contributed by atoms with E-state index in [1.165, 1.54) is 0 Å². The molecule has 0 aliphatic carbocycles. The van der Waals surface area contributed by atoms with E-state index in [1.807, 2.05) is 0 Å². The predicted octanol–water partition coefficient (Wildman–Crippen LogP) is 3.25. The van der Waals surface area contributed by atoms with E-state index >= 15 is 0 Å². The van der Waals surface area contributed by atoms with Crippen molar-refractivity contribution in [3.63, 3.8) is 0 Å². The van der Waals surface area contributed by atoms with Crippen LogP contribution in [-0.4, -0.2) is 17.6 Å². The summed E-state index contributed by atoms with van der Waals surface area (Å²) in [5, 5.41) is 12.3. The van der Waals surface area contributed by atoms with E-state index in [0.29, 0.717) is 0 Å². The first-order valence-corrected chi connectivity index (χ1v) is 5.29. The fourth-order valence-electron chi connectivity index (χ4n) is 1.21. The fraction of sp³-hybridized carbons (Fsp3) is 0.364. The quantitative estimate of drug-likeness (QED) is 0.760. The highest BCUT2D eigenvalue weighted by atomic mass is 35.5. The lowest BCUT2D eigenvalue weighted by atomic mass is 10.2. The van der Waals surface area contributed by atoms with Crippen LogP contribution in [0.4, 0.5) is 5.69 Å². The van der Waals surface area contributed by atoms with Crippen molar-refractivity contribution >= 4 is 23.3 Å². The van der Waals surface area contributed by atoms with Crippen LogP contribution in [0.3, 0.4) is 0 Å². The fourth-order valence-corrected chi connectivity index (χ4v) is 1.41. The van der Waals surface area contributed by atoms with E-state index in [0.717, 1.165) is 25.1 Å². The second-order valence-electron chi connectivity index (χ2n) is 3.28. The third-order valence-electron chi connectivity index (χ3n) is 2.06. The van der Waals surface area contributed by atoms with E-state index < -0.39 is 5.97 Å². The van der Waals surface area contributed by atoms with Crippen LogP contribution in [0.25, 0.3) is 0 Å². The zero-order valence-corrected chi connectivity index (χ0v) is 9.34. The summed E-state index contributed by atoms with van der Waals surface area (Å²) in [6.45, 7) is 2.95. The van der Waals surface area contributed by atoms with Crippen LogP contribution >= 0.6 is 11.6 Å². The highest BCUT2D eigenvalue weighted by Crippen LogP contribution is 2.20. The zero-order valence-electron chi connectivity index (χ0n) is 8.59. The molecule has 0 unspecified atom stereocenters. The number of hydrogen-bond acceptors (Lipinski definition) is 2. The van der Waals surface area contributed by atoms with Gasteiger partial charge in [0.2, 0.25) is 0 Å². The Kier molecular flexibility index (Phi) is 4.43. The van der Waals surface area contributed by atoms with Crippen LogP contribution in [0.1, 0.15) is 30.1 Å². The molecule has 15 heavy (non-hydrogen) atoms. The lowest BCUT2D eigenvalue weighted by molar-refractivity contribution is 0.0697. The number of carbonyl (C=O) groups is 1. The van der Waals surface area contributed by atoms with Crippen LogP contribution in [0.5, 0.6) is 0 Å². The van der Waals surface area contributed by atoms with Gasteiger partial charge in [0.05, 0.1) is 10.6 Å². The van der Waals surface area contributed by atoms with E-state index in [4.69, 9.17) is 16.7 Å². The Hall–Kier alpha value is -1.22. The number of aromatic carboxylic acids is 1. The Balaban J connectivity index is 2.74. The Bertz CT molecular complexity index is 352. The Morgan fingerprint density at radius 2 is 2.27 bits per heavy atom. The van der Waals surface area contributed by atoms with E-state index in [9.17, 15) is 4.79 Å². The topological polar surface area (TPSA) is 49.3 Å². The number of anilines is 1. The van der Waals surface area contributed by atoms with Crippen molar-refractivity contribution in [3.8, 4) is 0 Å². The minimum absolute atomic E-state index is 0.137. The highest BCUT2D eigenvalue weighted by Gasteiger charge is 2.08.